The van der Waals surface area contributed by atoms with Crippen LogP contribution in [0.4, 0.5) is 13.2 Å². The molecule has 3 aromatic rings. The Balaban J connectivity index is 1.54. The van der Waals surface area contributed by atoms with Crippen LogP contribution in [0.3, 0.4) is 0 Å². The molecule has 0 unspecified atom stereocenters. The molecule has 1 N–H and O–H groups in total. The van der Waals surface area contributed by atoms with Gasteiger partial charge >= 0.3 is 5.51 Å². The van der Waals surface area contributed by atoms with Crippen LogP contribution < -0.4 is 5.32 Å². The predicted octanol–water partition coefficient (Wildman–Crippen LogP) is 3.40. The number of thiazole rings is 1. The third kappa shape index (κ3) is 5.08. The number of halogens is 4. The lowest BCUT2D eigenvalue weighted by molar-refractivity contribution is -0.0436. The van der Waals surface area contributed by atoms with Crippen LogP contribution in [0.2, 0.25) is 5.02 Å². The summed E-state index contributed by atoms with van der Waals surface area (Å²) < 4.78 is 63.7. The highest BCUT2D eigenvalue weighted by Gasteiger charge is 2.47. The molecule has 0 aliphatic heterocycles. The zero-order chi connectivity index (χ0) is 26.4. The Morgan fingerprint density at radius 2 is 1.94 bits per heavy atom. The van der Waals surface area contributed by atoms with E-state index < -0.39 is 37.8 Å². The van der Waals surface area contributed by atoms with Crippen LogP contribution in [-0.2, 0) is 9.84 Å². The van der Waals surface area contributed by atoms with Gasteiger partial charge in [0.15, 0.2) is 5.82 Å². The fraction of sp³-hybridized carbons (Fsp3) is 0.350. The van der Waals surface area contributed by atoms with Crippen molar-refractivity contribution in [3.05, 3.63) is 52.0 Å². The summed E-state index contributed by atoms with van der Waals surface area (Å²) >= 11 is 6.87. The normalized spacial score (nSPS) is 14.9. The number of alkyl halides is 3. The van der Waals surface area contributed by atoms with Crippen LogP contribution in [0.25, 0.3) is 5.13 Å². The number of nitrogens with one attached hydrogen (secondary N) is 1. The zero-order valence-corrected chi connectivity index (χ0v) is 21.0. The largest absolute Gasteiger partial charge is 0.501 e. The summed E-state index contributed by atoms with van der Waals surface area (Å²) in [6.07, 6.45) is 4.54. The Labute approximate surface area is 212 Å². The number of aromatic nitrogens is 4. The molecule has 1 aliphatic rings. The fourth-order valence-corrected chi connectivity index (χ4v) is 5.28. The summed E-state index contributed by atoms with van der Waals surface area (Å²) in [6, 6.07) is 1.63. The Bertz CT molecular complexity index is 1440. The molecule has 1 aliphatic carbocycles. The quantitative estimate of drug-likeness (QED) is 0.467. The maximum Gasteiger partial charge on any atom is 0.501 e. The number of amides is 2. The van der Waals surface area contributed by atoms with Gasteiger partial charge in [-0.05, 0) is 38.0 Å². The van der Waals surface area contributed by atoms with Crippen molar-refractivity contribution in [3.63, 3.8) is 0 Å². The lowest BCUT2D eigenvalue weighted by Crippen LogP contribution is -2.29. The van der Waals surface area contributed by atoms with Gasteiger partial charge in [0.2, 0.25) is 5.13 Å². The number of carbonyl (C=O) groups is 2. The maximum atomic E-state index is 12.9. The number of rotatable bonds is 7. The Morgan fingerprint density at radius 3 is 2.58 bits per heavy atom. The second-order valence-electron chi connectivity index (χ2n) is 8.00. The zero-order valence-electron chi connectivity index (χ0n) is 18.7. The summed E-state index contributed by atoms with van der Waals surface area (Å²) in [5, 5.41) is 6.57. The molecule has 2 amide bonds. The Kier molecular flexibility index (Phi) is 6.83. The third-order valence-electron chi connectivity index (χ3n) is 5.36. The van der Waals surface area contributed by atoms with E-state index in [0.29, 0.717) is 22.1 Å². The van der Waals surface area contributed by atoms with E-state index >= 15 is 0 Å². The minimum Gasteiger partial charge on any atom is -0.342 e. The van der Waals surface area contributed by atoms with Crippen LogP contribution in [0.1, 0.15) is 51.7 Å². The van der Waals surface area contributed by atoms with Crippen molar-refractivity contribution in [2.75, 3.05) is 7.05 Å². The predicted molar refractivity (Wildman–Crippen MR) is 123 cm³/mol. The number of carbonyl (C=O) groups excluding carboxylic acids is 2. The molecule has 0 radical (unpaired) electrons. The van der Waals surface area contributed by atoms with Gasteiger partial charge in [-0.2, -0.15) is 23.0 Å². The van der Waals surface area contributed by atoms with Crippen molar-refractivity contribution < 1.29 is 31.2 Å². The average molecular weight is 563 g/mol. The summed E-state index contributed by atoms with van der Waals surface area (Å²) in [5.41, 5.74) is -5.95. The number of hydrogen-bond donors (Lipinski definition) is 1. The van der Waals surface area contributed by atoms with Gasteiger partial charge in [0.1, 0.15) is 11.2 Å². The summed E-state index contributed by atoms with van der Waals surface area (Å²) in [5.74, 6) is -0.841. The molecule has 0 spiro atoms. The number of benzene rings is 1. The summed E-state index contributed by atoms with van der Waals surface area (Å²) in [7, 11) is -3.99. The SMILES string of the molecule is C[C@H](NC(=O)c1cc(Cl)cc(S(=O)(=O)C(F)(F)F)c1)c1ncnn1-c1ncc(C(=O)N(C)C2CC2)s1. The molecule has 16 heteroatoms. The van der Waals surface area contributed by atoms with E-state index in [2.05, 4.69) is 20.4 Å². The Hall–Kier alpha value is -3.04. The van der Waals surface area contributed by atoms with E-state index in [-0.39, 0.29) is 22.8 Å². The first-order chi connectivity index (χ1) is 16.8. The van der Waals surface area contributed by atoms with E-state index in [4.69, 9.17) is 11.6 Å². The number of hydrogen-bond acceptors (Lipinski definition) is 8. The lowest BCUT2D eigenvalue weighted by atomic mass is 10.2. The second-order valence-corrected chi connectivity index (χ2v) is 11.4. The third-order valence-corrected chi connectivity index (χ3v) is 8.00. The molecule has 1 saturated carbocycles. The molecule has 0 bridgehead atoms. The van der Waals surface area contributed by atoms with Gasteiger partial charge in [-0.25, -0.2) is 18.4 Å². The average Bonchev–Trinajstić information content (AvgIpc) is 3.33. The van der Waals surface area contributed by atoms with Gasteiger partial charge in [0.25, 0.3) is 21.7 Å². The summed E-state index contributed by atoms with van der Waals surface area (Å²) in [6.45, 7) is 1.54. The molecule has 1 atom stereocenters. The number of sulfone groups is 1. The number of nitrogens with zero attached hydrogens (tertiary/aromatic N) is 5. The minimum absolute atomic E-state index is 0.171. The van der Waals surface area contributed by atoms with Crippen molar-refractivity contribution in [1.29, 1.82) is 0 Å². The molecule has 192 valence electrons. The van der Waals surface area contributed by atoms with Crippen LogP contribution in [0.5, 0.6) is 0 Å². The van der Waals surface area contributed by atoms with E-state index in [0.717, 1.165) is 30.2 Å². The fourth-order valence-electron chi connectivity index (χ4n) is 3.28. The van der Waals surface area contributed by atoms with E-state index in [1.165, 1.54) is 24.1 Å². The van der Waals surface area contributed by atoms with Gasteiger partial charge in [-0.15, -0.1) is 0 Å². The first-order valence-electron chi connectivity index (χ1n) is 10.4. The molecular formula is C20H18ClF3N6O4S2. The van der Waals surface area contributed by atoms with Crippen LogP contribution in [0.15, 0.2) is 35.6 Å². The standard InChI is InChI=1S/C20H18ClF3N6O4S2/c1-10(28-17(31)11-5-12(21)7-14(6-11)36(33,34)20(22,23)24)16-26-9-27-30(16)19-25-8-15(35-19)18(32)29(2)13-3-4-13/h5-10,13H,3-4H2,1-2H3,(H,28,31)/t10-/m0/s1. The molecule has 10 nitrogen and oxygen atoms in total. The Morgan fingerprint density at radius 1 is 1.25 bits per heavy atom. The van der Waals surface area contributed by atoms with Crippen LogP contribution in [0, 0.1) is 0 Å². The van der Waals surface area contributed by atoms with E-state index in [9.17, 15) is 31.2 Å². The lowest BCUT2D eigenvalue weighted by Gasteiger charge is -2.15. The minimum atomic E-state index is -5.71. The van der Waals surface area contributed by atoms with Crippen molar-refractivity contribution in [3.8, 4) is 5.13 Å². The van der Waals surface area contributed by atoms with E-state index in [1.54, 1.807) is 11.9 Å². The van der Waals surface area contributed by atoms with E-state index in [1.807, 2.05) is 0 Å². The van der Waals surface area contributed by atoms with Gasteiger partial charge in [-0.1, -0.05) is 22.9 Å². The van der Waals surface area contributed by atoms with Crippen molar-refractivity contribution in [2.45, 2.75) is 42.3 Å². The summed E-state index contributed by atoms with van der Waals surface area (Å²) in [4.78, 5) is 34.6. The van der Waals surface area contributed by atoms with Crippen molar-refractivity contribution >= 4 is 44.6 Å². The van der Waals surface area contributed by atoms with Crippen LogP contribution >= 0.6 is 22.9 Å². The molecule has 1 aromatic carbocycles. The van der Waals surface area contributed by atoms with Gasteiger partial charge < -0.3 is 10.2 Å². The monoisotopic (exact) mass is 562 g/mol. The first-order valence-corrected chi connectivity index (χ1v) is 13.0. The molecule has 2 aromatic heterocycles. The smallest absolute Gasteiger partial charge is 0.342 e. The highest BCUT2D eigenvalue weighted by atomic mass is 35.5. The molecule has 36 heavy (non-hydrogen) atoms. The molecule has 1 fully saturated rings. The maximum absolute atomic E-state index is 12.9. The van der Waals surface area contributed by atoms with Crippen molar-refractivity contribution in [1.82, 2.24) is 30.0 Å². The molecule has 2 heterocycles. The molecule has 4 rings (SSSR count). The van der Waals surface area contributed by atoms with Crippen molar-refractivity contribution in [2.24, 2.45) is 0 Å². The van der Waals surface area contributed by atoms with Gasteiger partial charge in [-0.3, -0.25) is 9.59 Å². The highest BCUT2D eigenvalue weighted by Crippen LogP contribution is 2.32. The van der Waals surface area contributed by atoms with Crippen LogP contribution in [-0.4, -0.2) is 63.5 Å². The molecule has 0 saturated heterocycles. The molecular weight excluding hydrogens is 545 g/mol. The van der Waals surface area contributed by atoms with Gasteiger partial charge in [0.05, 0.1) is 17.1 Å². The highest BCUT2D eigenvalue weighted by molar-refractivity contribution is 7.92. The first kappa shape index (κ1) is 26.0. The second kappa shape index (κ2) is 9.44. The topological polar surface area (TPSA) is 127 Å². The van der Waals surface area contributed by atoms with Gasteiger partial charge in [0, 0.05) is 23.7 Å².